The van der Waals surface area contributed by atoms with Gasteiger partial charge in [0.15, 0.2) is 0 Å². The van der Waals surface area contributed by atoms with Crippen LogP contribution in [0.1, 0.15) is 65.2 Å². The molecule has 28 heavy (non-hydrogen) atoms. The van der Waals surface area contributed by atoms with E-state index in [-0.39, 0.29) is 0 Å². The highest BCUT2D eigenvalue weighted by atomic mass is 33.1. The molecule has 0 atom stereocenters. The van der Waals surface area contributed by atoms with Gasteiger partial charge in [0.25, 0.3) is 0 Å². The second-order valence-electron chi connectivity index (χ2n) is 7.40. The van der Waals surface area contributed by atoms with Crippen LogP contribution in [0.5, 0.6) is 0 Å². The third kappa shape index (κ3) is 12.6. The molecule has 0 radical (unpaired) electrons. The van der Waals surface area contributed by atoms with Gasteiger partial charge in [-0.3, -0.25) is 0 Å². The predicted octanol–water partition coefficient (Wildman–Crippen LogP) is 7.00. The maximum atomic E-state index is 5.82. The van der Waals surface area contributed by atoms with Crippen molar-refractivity contribution in [2.75, 3.05) is 39.9 Å². The van der Waals surface area contributed by atoms with Crippen LogP contribution >= 0.6 is 21.6 Å². The van der Waals surface area contributed by atoms with Crippen molar-refractivity contribution in [1.82, 2.24) is 0 Å². The Morgan fingerprint density at radius 1 is 0.500 bits per heavy atom. The number of unbranched alkanes of at least 4 members (excludes halogenated alkanes) is 4. The highest BCUT2D eigenvalue weighted by Gasteiger charge is 2.34. The number of hydrogen-bond donors (Lipinski definition) is 0. The van der Waals surface area contributed by atoms with Gasteiger partial charge in [-0.25, -0.2) is 0 Å². The molecule has 0 spiro atoms. The van der Waals surface area contributed by atoms with Crippen LogP contribution in [0.25, 0.3) is 0 Å². The largest absolute Gasteiger partial charge is 0.398 e. The van der Waals surface area contributed by atoms with Crippen LogP contribution in [0.4, 0.5) is 0 Å². The van der Waals surface area contributed by atoms with Crippen LogP contribution in [0.3, 0.4) is 0 Å². The van der Waals surface area contributed by atoms with Crippen LogP contribution in [-0.2, 0) is 17.7 Å². The van der Waals surface area contributed by atoms with Crippen LogP contribution in [-0.4, -0.2) is 57.1 Å². The standard InChI is InChI=1S/C20H46O4S2Si2/c1-7-9-17-27(21-3,22-4)19-13-11-15-25-26-16-12-14-20-28(23-5,24-6)18-10-8-2/h7-20H2,1-6H3. The Morgan fingerprint density at radius 3 is 1.11 bits per heavy atom. The zero-order valence-corrected chi connectivity index (χ0v) is 23.0. The van der Waals surface area contributed by atoms with E-state index in [2.05, 4.69) is 13.8 Å². The molecular formula is C20H46O4S2Si2. The summed E-state index contributed by atoms with van der Waals surface area (Å²) in [6.07, 6.45) is 9.81. The van der Waals surface area contributed by atoms with Crippen molar-refractivity contribution >= 4 is 38.7 Å². The molecule has 0 aliphatic heterocycles. The quantitative estimate of drug-likeness (QED) is 0.102. The van der Waals surface area contributed by atoms with Crippen LogP contribution in [0, 0.1) is 0 Å². The van der Waals surface area contributed by atoms with E-state index in [0.717, 1.165) is 24.2 Å². The van der Waals surface area contributed by atoms with E-state index in [9.17, 15) is 0 Å². The average Bonchev–Trinajstić information content (AvgIpc) is 2.74. The molecule has 0 rings (SSSR count). The smallest absolute Gasteiger partial charge is 0.337 e. The zero-order valence-electron chi connectivity index (χ0n) is 19.3. The second-order valence-corrected chi connectivity index (χ2v) is 17.4. The minimum atomic E-state index is -1.92. The molecule has 0 amide bonds. The molecule has 0 saturated carbocycles. The predicted molar refractivity (Wildman–Crippen MR) is 132 cm³/mol. The lowest BCUT2D eigenvalue weighted by atomic mass is 10.4. The molecule has 0 aromatic carbocycles. The molecule has 0 saturated heterocycles. The Morgan fingerprint density at radius 2 is 0.821 bits per heavy atom. The van der Waals surface area contributed by atoms with Crippen LogP contribution < -0.4 is 0 Å². The van der Waals surface area contributed by atoms with E-state index in [1.165, 1.54) is 62.9 Å². The molecule has 8 heteroatoms. The molecular weight excluding hydrogens is 425 g/mol. The fourth-order valence-corrected chi connectivity index (χ4v) is 11.5. The van der Waals surface area contributed by atoms with E-state index < -0.39 is 17.1 Å². The molecule has 0 heterocycles. The van der Waals surface area contributed by atoms with E-state index >= 15 is 0 Å². The van der Waals surface area contributed by atoms with Crippen molar-refractivity contribution in [2.45, 2.75) is 89.4 Å². The molecule has 4 nitrogen and oxygen atoms in total. The summed E-state index contributed by atoms with van der Waals surface area (Å²) in [5.74, 6) is 2.45. The molecule has 0 aliphatic carbocycles. The van der Waals surface area contributed by atoms with Gasteiger partial charge < -0.3 is 17.7 Å². The van der Waals surface area contributed by atoms with Crippen molar-refractivity contribution < 1.29 is 17.7 Å². The highest BCUT2D eigenvalue weighted by molar-refractivity contribution is 8.76. The molecule has 170 valence electrons. The number of hydrogen-bond acceptors (Lipinski definition) is 6. The highest BCUT2D eigenvalue weighted by Crippen LogP contribution is 2.28. The Balaban J connectivity index is 3.78. The minimum absolute atomic E-state index is 1.13. The van der Waals surface area contributed by atoms with Gasteiger partial charge in [0.2, 0.25) is 0 Å². The summed E-state index contributed by atoms with van der Waals surface area (Å²) in [5, 5.41) is 0. The van der Waals surface area contributed by atoms with Crippen molar-refractivity contribution in [3.63, 3.8) is 0 Å². The molecule has 0 aromatic heterocycles. The summed E-state index contributed by atoms with van der Waals surface area (Å²) in [6, 6.07) is 4.52. The number of rotatable bonds is 21. The molecule has 0 N–H and O–H groups in total. The topological polar surface area (TPSA) is 36.9 Å². The first-order valence-electron chi connectivity index (χ1n) is 11.0. The van der Waals surface area contributed by atoms with E-state index in [4.69, 9.17) is 17.7 Å². The summed E-state index contributed by atoms with van der Waals surface area (Å²) in [6.45, 7) is 4.46. The molecule has 0 bridgehead atoms. The molecule has 0 unspecified atom stereocenters. The van der Waals surface area contributed by atoms with Gasteiger partial charge >= 0.3 is 17.1 Å². The first kappa shape index (κ1) is 29.0. The first-order valence-corrected chi connectivity index (χ1v) is 18.0. The van der Waals surface area contributed by atoms with Gasteiger partial charge in [-0.15, -0.1) is 0 Å². The summed E-state index contributed by atoms with van der Waals surface area (Å²) < 4.78 is 23.3. The Bertz CT molecular complexity index is 312. The van der Waals surface area contributed by atoms with Gasteiger partial charge in [-0.2, -0.15) is 0 Å². The summed E-state index contributed by atoms with van der Waals surface area (Å²) >= 11 is 0. The maximum Gasteiger partial charge on any atom is 0.337 e. The lowest BCUT2D eigenvalue weighted by molar-refractivity contribution is 0.238. The fraction of sp³-hybridized carbons (Fsp3) is 1.00. The average molecular weight is 471 g/mol. The third-order valence-electron chi connectivity index (χ3n) is 5.46. The maximum absolute atomic E-state index is 5.82. The minimum Gasteiger partial charge on any atom is -0.398 e. The Labute approximate surface area is 185 Å². The van der Waals surface area contributed by atoms with E-state index in [1.807, 2.05) is 50.0 Å². The fourth-order valence-electron chi connectivity index (χ4n) is 3.35. The van der Waals surface area contributed by atoms with Crippen molar-refractivity contribution in [3.8, 4) is 0 Å². The van der Waals surface area contributed by atoms with Crippen molar-refractivity contribution in [2.24, 2.45) is 0 Å². The van der Waals surface area contributed by atoms with Gasteiger partial charge in [0.05, 0.1) is 0 Å². The van der Waals surface area contributed by atoms with E-state index in [1.54, 1.807) is 0 Å². The van der Waals surface area contributed by atoms with Gasteiger partial charge in [0, 0.05) is 39.9 Å². The first-order chi connectivity index (χ1) is 13.6. The van der Waals surface area contributed by atoms with Crippen molar-refractivity contribution in [1.29, 1.82) is 0 Å². The molecule has 0 fully saturated rings. The van der Waals surface area contributed by atoms with Crippen molar-refractivity contribution in [3.05, 3.63) is 0 Å². The zero-order chi connectivity index (χ0) is 21.1. The molecule has 0 aromatic rings. The normalized spacial score (nSPS) is 12.6. The Kier molecular flexibility index (Phi) is 19.4. The third-order valence-corrected chi connectivity index (χ3v) is 15.5. The molecule has 0 aliphatic rings. The monoisotopic (exact) mass is 470 g/mol. The van der Waals surface area contributed by atoms with Gasteiger partial charge in [-0.1, -0.05) is 74.0 Å². The van der Waals surface area contributed by atoms with E-state index in [0.29, 0.717) is 0 Å². The summed E-state index contributed by atoms with van der Waals surface area (Å²) in [4.78, 5) is 0. The SMILES string of the molecule is CCCC[Si](CCCCSSCCCC[Si](CCCC)(OC)OC)(OC)OC. The lowest BCUT2D eigenvalue weighted by Crippen LogP contribution is -2.39. The second kappa shape index (κ2) is 18.7. The van der Waals surface area contributed by atoms with Crippen LogP contribution in [0.15, 0.2) is 0 Å². The van der Waals surface area contributed by atoms with Gasteiger partial charge in [0.1, 0.15) is 0 Å². The van der Waals surface area contributed by atoms with Gasteiger partial charge in [-0.05, 0) is 37.0 Å². The Hall–Kier alpha value is 0.974. The summed E-state index contributed by atoms with van der Waals surface area (Å²) in [5.41, 5.74) is 0. The summed E-state index contributed by atoms with van der Waals surface area (Å²) in [7, 11) is 7.54. The van der Waals surface area contributed by atoms with Crippen LogP contribution in [0.2, 0.25) is 24.2 Å². The lowest BCUT2D eigenvalue weighted by Gasteiger charge is -2.27.